The topological polar surface area (TPSA) is 60.4 Å². The molecule has 5 heteroatoms. The van der Waals surface area contributed by atoms with E-state index in [1.807, 2.05) is 36.4 Å². The van der Waals surface area contributed by atoms with Crippen LogP contribution in [0.1, 0.15) is 0 Å². The van der Waals surface area contributed by atoms with E-state index in [1.54, 1.807) is 12.1 Å². The number of hydrogen-bond donors (Lipinski definition) is 0. The summed E-state index contributed by atoms with van der Waals surface area (Å²) < 4.78 is 28.1. The highest BCUT2D eigenvalue weighted by atomic mass is 32.2. The van der Waals surface area contributed by atoms with Gasteiger partial charge < -0.3 is 4.18 Å². The highest BCUT2D eigenvalue weighted by molar-refractivity contribution is 7.87. The van der Waals surface area contributed by atoms with Crippen LogP contribution in [-0.4, -0.2) is 14.9 Å². The quantitative estimate of drug-likeness (QED) is 0.422. The number of rotatable bonds is 3. The first-order valence-electron chi connectivity index (χ1n) is 5.90. The monoisotopic (exact) mass is 286 g/mol. The maximum absolute atomic E-state index is 11.9. The lowest BCUT2D eigenvalue weighted by Crippen LogP contribution is -2.05. The Morgan fingerprint density at radius 1 is 0.850 bits per heavy atom. The van der Waals surface area contributed by atoms with Crippen molar-refractivity contribution in [1.82, 2.24) is 0 Å². The molecule has 0 N–H and O–H groups in total. The van der Waals surface area contributed by atoms with Gasteiger partial charge in [-0.05, 0) is 34.4 Å². The first kappa shape index (κ1) is 12.6. The Labute approximate surface area is 115 Å². The largest absolute Gasteiger partial charge is 0.345 e. The molecule has 0 aromatic heterocycles. The lowest BCUT2D eigenvalue weighted by Gasteiger charge is -2.07. The summed E-state index contributed by atoms with van der Waals surface area (Å²) in [7, 11) is -4.07. The van der Waals surface area contributed by atoms with Gasteiger partial charge >= 0.3 is 16.6 Å². The molecule has 0 radical (unpaired) electrons. The van der Waals surface area contributed by atoms with Crippen LogP contribution in [0.4, 0.5) is 0 Å². The zero-order valence-corrected chi connectivity index (χ0v) is 11.1. The molecule has 0 aliphatic heterocycles. The lowest BCUT2D eigenvalue weighted by molar-refractivity contribution is -0.120. The standard InChI is InChI=1S/C15H10O4S/c16-10-19-20(17,18)15-7-3-6-13-8-11-4-1-2-5-12(11)9-14(13)15/h1-10H. The molecule has 0 heterocycles. The SMILES string of the molecule is O=COS(=O)(=O)c1cccc2cc3ccccc3cc12. The van der Waals surface area contributed by atoms with Gasteiger partial charge in [-0.25, -0.2) is 0 Å². The van der Waals surface area contributed by atoms with Crippen molar-refractivity contribution in [2.45, 2.75) is 4.90 Å². The summed E-state index contributed by atoms with van der Waals surface area (Å²) in [5.74, 6) is 0. The third-order valence-corrected chi connectivity index (χ3v) is 4.37. The third-order valence-electron chi connectivity index (χ3n) is 3.14. The van der Waals surface area contributed by atoms with E-state index in [9.17, 15) is 13.2 Å². The van der Waals surface area contributed by atoms with Gasteiger partial charge in [-0.3, -0.25) is 4.79 Å². The number of benzene rings is 3. The number of carbonyl (C=O) groups is 1. The molecule has 0 saturated heterocycles. The zero-order chi connectivity index (χ0) is 14.2. The second-order valence-corrected chi connectivity index (χ2v) is 5.86. The van der Waals surface area contributed by atoms with Gasteiger partial charge in [-0.2, -0.15) is 8.42 Å². The molecule has 0 aliphatic rings. The molecule has 0 unspecified atom stereocenters. The predicted molar refractivity (Wildman–Crippen MR) is 75.8 cm³/mol. The van der Waals surface area contributed by atoms with Crippen LogP contribution >= 0.6 is 0 Å². The lowest BCUT2D eigenvalue weighted by atomic mass is 10.0. The Balaban J connectivity index is 2.39. The van der Waals surface area contributed by atoms with E-state index >= 15 is 0 Å². The molecule has 0 aliphatic carbocycles. The molecule has 20 heavy (non-hydrogen) atoms. The van der Waals surface area contributed by atoms with Crippen LogP contribution in [0.3, 0.4) is 0 Å². The highest BCUT2D eigenvalue weighted by Crippen LogP contribution is 2.28. The van der Waals surface area contributed by atoms with Crippen molar-refractivity contribution in [2.24, 2.45) is 0 Å². The minimum Gasteiger partial charge on any atom is -0.345 e. The first-order chi connectivity index (χ1) is 9.62. The summed E-state index contributed by atoms with van der Waals surface area (Å²) in [4.78, 5) is 10.3. The van der Waals surface area contributed by atoms with Crippen LogP contribution < -0.4 is 0 Å². The van der Waals surface area contributed by atoms with Crippen LogP contribution in [0.2, 0.25) is 0 Å². The Kier molecular flexibility index (Phi) is 2.91. The number of carbonyl (C=O) groups excluding carboxylic acids is 1. The summed E-state index contributed by atoms with van der Waals surface area (Å²) in [5.41, 5.74) is 0. The van der Waals surface area contributed by atoms with Gasteiger partial charge in [0, 0.05) is 5.39 Å². The molecule has 100 valence electrons. The summed E-state index contributed by atoms with van der Waals surface area (Å²) in [6, 6.07) is 16.2. The molecule has 0 atom stereocenters. The van der Waals surface area contributed by atoms with Crippen molar-refractivity contribution in [3.8, 4) is 0 Å². The minimum absolute atomic E-state index is 0.00662. The molecule has 0 bridgehead atoms. The molecule has 0 saturated carbocycles. The van der Waals surface area contributed by atoms with E-state index < -0.39 is 10.1 Å². The molecule has 3 aromatic rings. The summed E-state index contributed by atoms with van der Waals surface area (Å²) >= 11 is 0. The Morgan fingerprint density at radius 3 is 2.20 bits per heavy atom. The highest BCUT2D eigenvalue weighted by Gasteiger charge is 2.18. The fourth-order valence-electron chi connectivity index (χ4n) is 2.26. The summed E-state index contributed by atoms with van der Waals surface area (Å²) in [6.45, 7) is -0.0742. The van der Waals surface area contributed by atoms with E-state index in [1.165, 1.54) is 6.07 Å². The van der Waals surface area contributed by atoms with Gasteiger partial charge in [-0.15, -0.1) is 0 Å². The van der Waals surface area contributed by atoms with Gasteiger partial charge in [0.15, 0.2) is 0 Å². The second-order valence-electron chi connectivity index (χ2n) is 4.32. The van der Waals surface area contributed by atoms with Gasteiger partial charge in [0.2, 0.25) is 0 Å². The average molecular weight is 286 g/mol. The van der Waals surface area contributed by atoms with Crippen molar-refractivity contribution < 1.29 is 17.4 Å². The number of fused-ring (bicyclic) bond motifs is 2. The van der Waals surface area contributed by atoms with Crippen LogP contribution in [0.25, 0.3) is 21.5 Å². The van der Waals surface area contributed by atoms with E-state index in [0.717, 1.165) is 16.2 Å². The van der Waals surface area contributed by atoms with E-state index in [-0.39, 0.29) is 11.4 Å². The first-order valence-corrected chi connectivity index (χ1v) is 7.31. The molecular weight excluding hydrogens is 276 g/mol. The minimum atomic E-state index is -4.07. The maximum atomic E-state index is 11.9. The van der Waals surface area contributed by atoms with Gasteiger partial charge in [0.05, 0.1) is 0 Å². The van der Waals surface area contributed by atoms with Crippen LogP contribution in [0.5, 0.6) is 0 Å². The van der Waals surface area contributed by atoms with Crippen molar-refractivity contribution >= 4 is 38.1 Å². The van der Waals surface area contributed by atoms with Crippen molar-refractivity contribution in [1.29, 1.82) is 0 Å². The average Bonchev–Trinajstić information content (AvgIpc) is 2.44. The molecule has 3 rings (SSSR count). The van der Waals surface area contributed by atoms with E-state index in [0.29, 0.717) is 5.39 Å². The van der Waals surface area contributed by atoms with Crippen molar-refractivity contribution in [3.05, 3.63) is 54.6 Å². The summed E-state index contributed by atoms with van der Waals surface area (Å²) in [5, 5.41) is 3.26. The van der Waals surface area contributed by atoms with E-state index in [4.69, 9.17) is 0 Å². The Bertz CT molecular complexity index is 913. The molecule has 0 fully saturated rings. The van der Waals surface area contributed by atoms with Crippen LogP contribution in [0.15, 0.2) is 59.5 Å². The summed E-state index contributed by atoms with van der Waals surface area (Å²) in [6.07, 6.45) is 0. The molecular formula is C15H10O4S. The normalized spacial score (nSPS) is 11.6. The van der Waals surface area contributed by atoms with Gasteiger partial charge in [0.1, 0.15) is 4.90 Å². The predicted octanol–water partition coefficient (Wildman–Crippen LogP) is 2.85. The maximum Gasteiger partial charge on any atom is 0.342 e. The smallest absolute Gasteiger partial charge is 0.342 e. The Hall–Kier alpha value is -2.40. The van der Waals surface area contributed by atoms with Gasteiger partial charge in [0.25, 0.3) is 0 Å². The van der Waals surface area contributed by atoms with Crippen molar-refractivity contribution in [2.75, 3.05) is 0 Å². The van der Waals surface area contributed by atoms with Gasteiger partial charge in [-0.1, -0.05) is 36.4 Å². The van der Waals surface area contributed by atoms with E-state index in [2.05, 4.69) is 4.18 Å². The third kappa shape index (κ3) is 2.02. The molecule has 4 nitrogen and oxygen atoms in total. The molecule has 0 amide bonds. The molecule has 3 aromatic carbocycles. The Morgan fingerprint density at radius 2 is 1.50 bits per heavy atom. The van der Waals surface area contributed by atoms with Crippen LogP contribution in [0, 0.1) is 0 Å². The number of hydrogen-bond acceptors (Lipinski definition) is 4. The van der Waals surface area contributed by atoms with Crippen molar-refractivity contribution in [3.63, 3.8) is 0 Å². The molecule has 0 spiro atoms. The zero-order valence-electron chi connectivity index (χ0n) is 10.3. The fraction of sp³-hybridized carbons (Fsp3) is 0. The fourth-order valence-corrected chi connectivity index (χ4v) is 3.16. The second kappa shape index (κ2) is 4.61. The van der Waals surface area contributed by atoms with Crippen LogP contribution in [-0.2, 0) is 19.1 Å².